The van der Waals surface area contributed by atoms with Gasteiger partial charge in [0.05, 0.1) is 13.7 Å². The Labute approximate surface area is 165 Å². The number of hydrogen-bond donors (Lipinski definition) is 1. The Balaban J connectivity index is 1.43. The van der Waals surface area contributed by atoms with Crippen LogP contribution in [0.4, 0.5) is 5.69 Å². The van der Waals surface area contributed by atoms with Gasteiger partial charge in [-0.2, -0.15) is 0 Å². The number of halogens is 1. The van der Waals surface area contributed by atoms with E-state index in [1.165, 1.54) is 5.56 Å². The highest BCUT2D eigenvalue weighted by atomic mass is 35.5. The molecule has 1 amide bonds. The van der Waals surface area contributed by atoms with Crippen LogP contribution in [0.3, 0.4) is 0 Å². The Morgan fingerprint density at radius 2 is 1.74 bits per heavy atom. The molecule has 1 heterocycles. The van der Waals surface area contributed by atoms with Crippen molar-refractivity contribution in [2.24, 2.45) is 0 Å². The number of rotatable bonds is 6. The molecule has 1 saturated heterocycles. The number of anilines is 1. The third kappa shape index (κ3) is 5.70. The van der Waals surface area contributed by atoms with Crippen LogP contribution in [0, 0.1) is 6.92 Å². The lowest BCUT2D eigenvalue weighted by atomic mass is 10.2. The van der Waals surface area contributed by atoms with Crippen LogP contribution >= 0.6 is 11.6 Å². The van der Waals surface area contributed by atoms with E-state index in [4.69, 9.17) is 16.3 Å². The molecule has 0 atom stereocenters. The maximum Gasteiger partial charge on any atom is 0.238 e. The van der Waals surface area contributed by atoms with Crippen LogP contribution in [0.5, 0.6) is 5.75 Å². The van der Waals surface area contributed by atoms with Crippen molar-refractivity contribution in [3.05, 3.63) is 58.6 Å². The summed E-state index contributed by atoms with van der Waals surface area (Å²) in [4.78, 5) is 16.9. The van der Waals surface area contributed by atoms with Gasteiger partial charge in [0, 0.05) is 43.4 Å². The van der Waals surface area contributed by atoms with Gasteiger partial charge in [-0.3, -0.25) is 14.6 Å². The summed E-state index contributed by atoms with van der Waals surface area (Å²) in [7, 11) is 1.68. The van der Waals surface area contributed by atoms with Crippen molar-refractivity contribution < 1.29 is 9.53 Å². The molecular formula is C21H26ClN3O2. The third-order valence-corrected chi connectivity index (χ3v) is 5.26. The molecule has 1 N–H and O–H groups in total. The first-order chi connectivity index (χ1) is 13.0. The van der Waals surface area contributed by atoms with Crippen LogP contribution in [0.25, 0.3) is 0 Å². The Bertz CT molecular complexity index is 771. The Morgan fingerprint density at radius 1 is 1.07 bits per heavy atom. The summed E-state index contributed by atoms with van der Waals surface area (Å²) >= 11 is 6.11. The standard InChI is InChI=1S/C21H26ClN3O2/c1-16-3-6-18(13-20(16)22)23-21(26)15-25-11-9-24(10-12-25)14-17-4-7-19(27-2)8-5-17/h3-8,13H,9-12,14-15H2,1-2H3,(H,23,26). The van der Waals surface area contributed by atoms with Crippen LogP contribution in [0.2, 0.25) is 5.02 Å². The van der Waals surface area contributed by atoms with E-state index in [-0.39, 0.29) is 5.91 Å². The average Bonchev–Trinajstić information content (AvgIpc) is 2.67. The molecule has 5 nitrogen and oxygen atoms in total. The lowest BCUT2D eigenvalue weighted by Crippen LogP contribution is -2.48. The van der Waals surface area contributed by atoms with E-state index in [2.05, 4.69) is 27.2 Å². The van der Waals surface area contributed by atoms with E-state index in [9.17, 15) is 4.79 Å². The van der Waals surface area contributed by atoms with Crippen LogP contribution in [0.1, 0.15) is 11.1 Å². The second kappa shape index (κ2) is 9.22. The van der Waals surface area contributed by atoms with Crippen LogP contribution in [-0.4, -0.2) is 55.5 Å². The van der Waals surface area contributed by atoms with E-state index in [0.717, 1.165) is 49.7 Å². The van der Waals surface area contributed by atoms with Crippen molar-refractivity contribution in [1.29, 1.82) is 0 Å². The molecular weight excluding hydrogens is 362 g/mol. The Kier molecular flexibility index (Phi) is 6.72. The smallest absolute Gasteiger partial charge is 0.238 e. The van der Waals surface area contributed by atoms with Gasteiger partial charge in [-0.25, -0.2) is 0 Å². The lowest BCUT2D eigenvalue weighted by molar-refractivity contribution is -0.117. The Hall–Kier alpha value is -2.08. The van der Waals surface area contributed by atoms with Gasteiger partial charge in [0.1, 0.15) is 5.75 Å². The molecule has 2 aromatic carbocycles. The van der Waals surface area contributed by atoms with Crippen molar-refractivity contribution >= 4 is 23.2 Å². The number of carbonyl (C=O) groups excluding carboxylic acids is 1. The number of nitrogens with one attached hydrogen (secondary N) is 1. The number of amides is 1. The van der Waals surface area contributed by atoms with Gasteiger partial charge in [0.2, 0.25) is 5.91 Å². The summed E-state index contributed by atoms with van der Waals surface area (Å²) in [5.74, 6) is 0.878. The van der Waals surface area contributed by atoms with Crippen molar-refractivity contribution in [1.82, 2.24) is 9.80 Å². The van der Waals surface area contributed by atoms with Crippen molar-refractivity contribution in [3.63, 3.8) is 0 Å². The number of methoxy groups -OCH3 is 1. The molecule has 0 aromatic heterocycles. The molecule has 3 rings (SSSR count). The lowest BCUT2D eigenvalue weighted by Gasteiger charge is -2.34. The molecule has 1 aliphatic rings. The zero-order valence-electron chi connectivity index (χ0n) is 15.9. The number of hydrogen-bond acceptors (Lipinski definition) is 4. The predicted octanol–water partition coefficient (Wildman–Crippen LogP) is 3.41. The second-order valence-electron chi connectivity index (χ2n) is 6.91. The Morgan fingerprint density at radius 3 is 2.37 bits per heavy atom. The third-order valence-electron chi connectivity index (χ3n) is 4.85. The fourth-order valence-electron chi connectivity index (χ4n) is 3.17. The zero-order chi connectivity index (χ0) is 19.2. The number of nitrogens with zero attached hydrogens (tertiary/aromatic N) is 2. The van der Waals surface area contributed by atoms with E-state index in [0.29, 0.717) is 11.6 Å². The molecule has 1 fully saturated rings. The molecule has 0 saturated carbocycles. The summed E-state index contributed by atoms with van der Waals surface area (Å²) < 4.78 is 5.20. The largest absolute Gasteiger partial charge is 0.497 e. The summed E-state index contributed by atoms with van der Waals surface area (Å²) in [6.07, 6.45) is 0. The van der Waals surface area contributed by atoms with Crippen LogP contribution in [-0.2, 0) is 11.3 Å². The summed E-state index contributed by atoms with van der Waals surface area (Å²) in [6.45, 7) is 6.95. The van der Waals surface area contributed by atoms with E-state index < -0.39 is 0 Å². The highest BCUT2D eigenvalue weighted by Crippen LogP contribution is 2.20. The van der Waals surface area contributed by atoms with Gasteiger partial charge in [-0.1, -0.05) is 29.8 Å². The second-order valence-corrected chi connectivity index (χ2v) is 7.32. The highest BCUT2D eigenvalue weighted by molar-refractivity contribution is 6.31. The van der Waals surface area contributed by atoms with Gasteiger partial charge < -0.3 is 10.1 Å². The van der Waals surface area contributed by atoms with Crippen LogP contribution in [0.15, 0.2) is 42.5 Å². The van der Waals surface area contributed by atoms with Gasteiger partial charge in [-0.05, 0) is 42.3 Å². The number of benzene rings is 2. The molecule has 144 valence electrons. The van der Waals surface area contributed by atoms with E-state index in [1.807, 2.05) is 31.2 Å². The minimum Gasteiger partial charge on any atom is -0.497 e. The quantitative estimate of drug-likeness (QED) is 0.825. The summed E-state index contributed by atoms with van der Waals surface area (Å²) in [5.41, 5.74) is 3.02. The molecule has 1 aliphatic heterocycles. The van der Waals surface area contributed by atoms with Gasteiger partial charge in [0.25, 0.3) is 0 Å². The minimum atomic E-state index is -0.00137. The molecule has 0 spiro atoms. The fourth-order valence-corrected chi connectivity index (χ4v) is 3.35. The summed E-state index contributed by atoms with van der Waals surface area (Å²) in [5, 5.41) is 3.60. The van der Waals surface area contributed by atoms with Crippen molar-refractivity contribution in [2.45, 2.75) is 13.5 Å². The number of carbonyl (C=O) groups is 1. The molecule has 0 radical (unpaired) electrons. The van der Waals surface area contributed by atoms with Gasteiger partial charge in [0.15, 0.2) is 0 Å². The first kappa shape index (κ1) is 19.7. The van der Waals surface area contributed by atoms with Gasteiger partial charge in [-0.15, -0.1) is 0 Å². The summed E-state index contributed by atoms with van der Waals surface area (Å²) in [6, 6.07) is 13.8. The van der Waals surface area contributed by atoms with E-state index >= 15 is 0 Å². The van der Waals surface area contributed by atoms with Gasteiger partial charge >= 0.3 is 0 Å². The maximum absolute atomic E-state index is 12.3. The molecule has 6 heteroatoms. The fraction of sp³-hybridized carbons (Fsp3) is 0.381. The number of aryl methyl sites for hydroxylation is 1. The number of ether oxygens (including phenoxy) is 1. The molecule has 27 heavy (non-hydrogen) atoms. The molecule has 0 unspecified atom stereocenters. The predicted molar refractivity (Wildman–Crippen MR) is 110 cm³/mol. The molecule has 0 aliphatic carbocycles. The first-order valence-corrected chi connectivity index (χ1v) is 9.55. The zero-order valence-corrected chi connectivity index (χ0v) is 16.6. The highest BCUT2D eigenvalue weighted by Gasteiger charge is 2.19. The SMILES string of the molecule is COc1ccc(CN2CCN(CC(=O)Nc3ccc(C)c(Cl)c3)CC2)cc1. The van der Waals surface area contributed by atoms with Crippen molar-refractivity contribution in [3.8, 4) is 5.75 Å². The maximum atomic E-state index is 12.3. The van der Waals surface area contributed by atoms with Crippen LogP contribution < -0.4 is 10.1 Å². The monoisotopic (exact) mass is 387 g/mol. The molecule has 0 bridgehead atoms. The average molecular weight is 388 g/mol. The topological polar surface area (TPSA) is 44.8 Å². The van der Waals surface area contributed by atoms with E-state index in [1.54, 1.807) is 13.2 Å². The normalized spacial score (nSPS) is 15.5. The van der Waals surface area contributed by atoms with Crippen molar-refractivity contribution in [2.75, 3.05) is 45.2 Å². The minimum absolute atomic E-state index is 0.00137. The first-order valence-electron chi connectivity index (χ1n) is 9.17. The number of piperazine rings is 1. The molecule has 2 aromatic rings.